The molecule has 1 N–H and O–H groups in total. The van der Waals surface area contributed by atoms with Gasteiger partial charge < -0.3 is 14.8 Å². The molecule has 0 aromatic heterocycles. The first kappa shape index (κ1) is 15.3. The molecule has 1 saturated heterocycles. The number of esters is 1. The molecule has 0 unspecified atom stereocenters. The average Bonchev–Trinajstić information content (AvgIpc) is 2.72. The van der Waals surface area contributed by atoms with Crippen molar-refractivity contribution in [1.82, 2.24) is 5.32 Å². The molecular weight excluding hydrogens is 254 g/mol. The Labute approximate surface area is 112 Å². The Morgan fingerprint density at radius 1 is 1.50 bits per heavy atom. The van der Waals surface area contributed by atoms with Crippen LogP contribution in [0.4, 0.5) is 0 Å². The summed E-state index contributed by atoms with van der Waals surface area (Å²) in [7, 11) is 1.32. The van der Waals surface area contributed by atoms with Gasteiger partial charge in [0.25, 0.3) is 0 Å². The van der Waals surface area contributed by atoms with Crippen LogP contribution in [0.15, 0.2) is 0 Å². The predicted octanol–water partition coefficient (Wildman–Crippen LogP) is 0.965. The van der Waals surface area contributed by atoms with Crippen molar-refractivity contribution < 1.29 is 19.1 Å². The van der Waals surface area contributed by atoms with Gasteiger partial charge in [0.15, 0.2) is 0 Å². The summed E-state index contributed by atoms with van der Waals surface area (Å²) in [4.78, 5) is 22.4. The Kier molecular flexibility index (Phi) is 6.49. The van der Waals surface area contributed by atoms with Gasteiger partial charge in [-0.25, -0.2) is 4.79 Å². The van der Waals surface area contributed by atoms with E-state index in [2.05, 4.69) is 17.0 Å². The van der Waals surface area contributed by atoms with Crippen LogP contribution < -0.4 is 5.32 Å². The molecule has 104 valence electrons. The minimum absolute atomic E-state index is 0.225. The van der Waals surface area contributed by atoms with Crippen LogP contribution in [0.3, 0.4) is 0 Å². The van der Waals surface area contributed by atoms with E-state index in [1.54, 1.807) is 11.8 Å². The lowest BCUT2D eigenvalue weighted by atomic mass is 10.2. The SMILES string of the molecule is COC(=O)[C@H](CSC[C@@H]1CC[C@@H](C)O1)NC(C)=O. The second kappa shape index (κ2) is 7.63. The zero-order valence-corrected chi connectivity index (χ0v) is 11.9. The van der Waals surface area contributed by atoms with Crippen LogP contribution in [0.1, 0.15) is 26.7 Å². The van der Waals surface area contributed by atoms with Crippen LogP contribution in [0.2, 0.25) is 0 Å². The smallest absolute Gasteiger partial charge is 0.329 e. The van der Waals surface area contributed by atoms with Crippen LogP contribution in [-0.2, 0) is 19.1 Å². The van der Waals surface area contributed by atoms with Crippen molar-refractivity contribution >= 4 is 23.6 Å². The number of hydrogen-bond donors (Lipinski definition) is 1. The fraction of sp³-hybridized carbons (Fsp3) is 0.833. The van der Waals surface area contributed by atoms with Crippen molar-refractivity contribution in [1.29, 1.82) is 0 Å². The van der Waals surface area contributed by atoms with E-state index in [-0.39, 0.29) is 12.0 Å². The van der Waals surface area contributed by atoms with E-state index in [9.17, 15) is 9.59 Å². The van der Waals surface area contributed by atoms with Gasteiger partial charge in [-0.05, 0) is 19.8 Å². The number of carbonyl (C=O) groups excluding carboxylic acids is 2. The van der Waals surface area contributed by atoms with Gasteiger partial charge in [-0.2, -0.15) is 11.8 Å². The lowest BCUT2D eigenvalue weighted by Gasteiger charge is -2.16. The van der Waals surface area contributed by atoms with Gasteiger partial charge >= 0.3 is 5.97 Å². The zero-order valence-electron chi connectivity index (χ0n) is 11.1. The van der Waals surface area contributed by atoms with Gasteiger partial charge in [0, 0.05) is 18.4 Å². The van der Waals surface area contributed by atoms with E-state index in [0.717, 1.165) is 18.6 Å². The summed E-state index contributed by atoms with van der Waals surface area (Å²) in [5.41, 5.74) is 0. The molecule has 0 aromatic carbocycles. The molecule has 5 nitrogen and oxygen atoms in total. The standard InChI is InChI=1S/C12H21NO4S/c1-8-4-5-10(17-8)6-18-7-11(12(15)16-3)13-9(2)14/h8,10-11H,4-7H2,1-3H3,(H,13,14)/t8-,10+,11+/m1/s1. The third-order valence-corrected chi connectivity index (χ3v) is 3.95. The highest BCUT2D eigenvalue weighted by atomic mass is 32.2. The fourth-order valence-electron chi connectivity index (χ4n) is 1.88. The highest BCUT2D eigenvalue weighted by Gasteiger charge is 2.24. The molecule has 1 rings (SSSR count). The normalized spacial score (nSPS) is 24.6. The largest absolute Gasteiger partial charge is 0.467 e. The average molecular weight is 275 g/mol. The second-order valence-electron chi connectivity index (χ2n) is 4.46. The van der Waals surface area contributed by atoms with Gasteiger partial charge in [0.05, 0.1) is 19.3 Å². The summed E-state index contributed by atoms with van der Waals surface area (Å²) in [6.45, 7) is 3.46. The van der Waals surface area contributed by atoms with E-state index < -0.39 is 12.0 Å². The number of hydrogen-bond acceptors (Lipinski definition) is 5. The van der Waals surface area contributed by atoms with Crippen molar-refractivity contribution in [2.45, 2.75) is 44.9 Å². The third kappa shape index (κ3) is 5.27. The molecule has 0 spiro atoms. The first-order valence-corrected chi connectivity index (χ1v) is 7.26. The van der Waals surface area contributed by atoms with Gasteiger partial charge in [-0.15, -0.1) is 0 Å². The predicted molar refractivity (Wildman–Crippen MR) is 70.5 cm³/mol. The molecule has 1 fully saturated rings. The lowest BCUT2D eigenvalue weighted by molar-refractivity contribution is -0.144. The first-order chi connectivity index (χ1) is 8.52. The molecule has 18 heavy (non-hydrogen) atoms. The Morgan fingerprint density at radius 3 is 2.72 bits per heavy atom. The number of rotatable bonds is 6. The van der Waals surface area contributed by atoms with Crippen LogP contribution >= 0.6 is 11.8 Å². The van der Waals surface area contributed by atoms with Gasteiger partial charge in [-0.1, -0.05) is 0 Å². The van der Waals surface area contributed by atoms with Crippen LogP contribution in [0, 0.1) is 0 Å². The van der Waals surface area contributed by atoms with E-state index >= 15 is 0 Å². The molecule has 1 aliphatic heterocycles. The monoisotopic (exact) mass is 275 g/mol. The van der Waals surface area contributed by atoms with Crippen molar-refractivity contribution in [3.05, 3.63) is 0 Å². The van der Waals surface area contributed by atoms with E-state index in [1.165, 1.54) is 14.0 Å². The summed E-state index contributed by atoms with van der Waals surface area (Å²) in [5.74, 6) is 0.730. The second-order valence-corrected chi connectivity index (χ2v) is 5.53. The molecule has 0 bridgehead atoms. The molecule has 1 amide bonds. The first-order valence-electron chi connectivity index (χ1n) is 6.11. The van der Waals surface area contributed by atoms with Crippen molar-refractivity contribution in [3.63, 3.8) is 0 Å². The molecular formula is C12H21NO4S. The maximum atomic E-state index is 11.4. The van der Waals surface area contributed by atoms with Gasteiger partial charge in [-0.3, -0.25) is 4.79 Å². The molecule has 0 saturated carbocycles. The maximum absolute atomic E-state index is 11.4. The number of nitrogens with one attached hydrogen (secondary N) is 1. The number of amides is 1. The number of carbonyl (C=O) groups is 2. The van der Waals surface area contributed by atoms with Gasteiger partial charge in [0.2, 0.25) is 5.91 Å². The van der Waals surface area contributed by atoms with Crippen LogP contribution in [-0.4, -0.2) is 48.7 Å². The van der Waals surface area contributed by atoms with E-state index in [1.807, 2.05) is 0 Å². The molecule has 0 aromatic rings. The molecule has 3 atom stereocenters. The molecule has 1 aliphatic rings. The van der Waals surface area contributed by atoms with E-state index in [4.69, 9.17) is 4.74 Å². The Bertz CT molecular complexity index is 298. The topological polar surface area (TPSA) is 64.6 Å². The van der Waals surface area contributed by atoms with Crippen molar-refractivity contribution in [2.75, 3.05) is 18.6 Å². The summed E-state index contributed by atoms with van der Waals surface area (Å²) < 4.78 is 10.3. The zero-order chi connectivity index (χ0) is 13.5. The van der Waals surface area contributed by atoms with Crippen LogP contribution in [0.25, 0.3) is 0 Å². The quantitative estimate of drug-likeness (QED) is 0.732. The third-order valence-electron chi connectivity index (χ3n) is 2.77. The molecule has 1 heterocycles. The lowest BCUT2D eigenvalue weighted by Crippen LogP contribution is -2.42. The minimum Gasteiger partial charge on any atom is -0.467 e. The maximum Gasteiger partial charge on any atom is 0.329 e. The number of thioether (sulfide) groups is 1. The highest BCUT2D eigenvalue weighted by Crippen LogP contribution is 2.22. The molecule has 0 radical (unpaired) electrons. The highest BCUT2D eigenvalue weighted by molar-refractivity contribution is 7.99. The summed E-state index contributed by atoms with van der Waals surface area (Å²) in [5, 5.41) is 2.59. The van der Waals surface area contributed by atoms with Gasteiger partial charge in [0.1, 0.15) is 6.04 Å². The minimum atomic E-state index is -0.573. The molecule has 0 aliphatic carbocycles. The van der Waals surface area contributed by atoms with Crippen molar-refractivity contribution in [3.8, 4) is 0 Å². The Balaban J connectivity index is 2.28. The Hall–Kier alpha value is -0.750. The van der Waals surface area contributed by atoms with E-state index in [0.29, 0.717) is 11.9 Å². The molecule has 6 heteroatoms. The summed E-state index contributed by atoms with van der Waals surface area (Å²) in [6.07, 6.45) is 2.76. The Morgan fingerprint density at radius 2 is 2.22 bits per heavy atom. The fourth-order valence-corrected chi connectivity index (χ4v) is 2.98. The van der Waals surface area contributed by atoms with Crippen LogP contribution in [0.5, 0.6) is 0 Å². The van der Waals surface area contributed by atoms with Crippen molar-refractivity contribution in [2.24, 2.45) is 0 Å². The summed E-state index contributed by atoms with van der Waals surface area (Å²) in [6, 6.07) is -0.573. The number of methoxy groups -OCH3 is 1. The number of ether oxygens (including phenoxy) is 2. The summed E-state index contributed by atoms with van der Waals surface area (Å²) >= 11 is 1.61.